The number of rotatable bonds is 6. The first-order valence-corrected chi connectivity index (χ1v) is 7.49. The van der Waals surface area contributed by atoms with Crippen molar-refractivity contribution in [2.45, 2.75) is 12.7 Å². The first kappa shape index (κ1) is 14.4. The molecule has 19 heavy (non-hydrogen) atoms. The first-order valence-electron chi connectivity index (χ1n) is 5.96. The molecule has 0 aliphatic rings. The van der Waals surface area contributed by atoms with Gasteiger partial charge in [0.2, 0.25) is 11.7 Å². The molecule has 0 saturated heterocycles. The minimum Gasteiger partial charge on any atom is -0.396 e. The highest BCUT2D eigenvalue weighted by atomic mass is 35.5. The molecule has 1 atom stereocenters. The van der Waals surface area contributed by atoms with E-state index in [9.17, 15) is 0 Å². The third-order valence-electron chi connectivity index (χ3n) is 2.49. The summed E-state index contributed by atoms with van der Waals surface area (Å²) in [4.78, 5) is 4.32. The molecule has 102 valence electrons. The Kier molecular flexibility index (Phi) is 5.24. The van der Waals surface area contributed by atoms with Crippen LogP contribution >= 0.6 is 23.4 Å². The van der Waals surface area contributed by atoms with E-state index in [1.807, 2.05) is 19.1 Å². The van der Waals surface area contributed by atoms with E-state index in [-0.39, 0.29) is 12.5 Å². The Morgan fingerprint density at radius 2 is 2.32 bits per heavy atom. The van der Waals surface area contributed by atoms with Gasteiger partial charge in [0.15, 0.2) is 0 Å². The Morgan fingerprint density at radius 1 is 1.47 bits per heavy atom. The SMILES string of the molecule is CC(CO)CSCc1nc(-c2cccc(Cl)c2)no1. The van der Waals surface area contributed by atoms with Crippen molar-refractivity contribution in [3.05, 3.63) is 35.2 Å². The number of halogens is 1. The Balaban J connectivity index is 1.95. The number of hydrogen-bond donors (Lipinski definition) is 1. The fraction of sp³-hybridized carbons (Fsp3) is 0.385. The summed E-state index contributed by atoms with van der Waals surface area (Å²) in [7, 11) is 0. The summed E-state index contributed by atoms with van der Waals surface area (Å²) < 4.78 is 5.19. The maximum atomic E-state index is 8.93. The Morgan fingerprint density at radius 3 is 3.05 bits per heavy atom. The van der Waals surface area contributed by atoms with Crippen LogP contribution in [-0.2, 0) is 5.75 Å². The topological polar surface area (TPSA) is 59.2 Å². The van der Waals surface area contributed by atoms with E-state index in [2.05, 4.69) is 10.1 Å². The van der Waals surface area contributed by atoms with E-state index < -0.39 is 0 Å². The molecule has 2 aromatic rings. The number of aliphatic hydroxyl groups excluding tert-OH is 1. The normalized spacial score (nSPS) is 12.6. The number of benzene rings is 1. The molecule has 0 amide bonds. The summed E-state index contributed by atoms with van der Waals surface area (Å²) in [5, 5.41) is 13.5. The molecule has 0 bridgehead atoms. The van der Waals surface area contributed by atoms with Gasteiger partial charge in [-0.3, -0.25) is 0 Å². The molecule has 1 unspecified atom stereocenters. The fourth-order valence-corrected chi connectivity index (χ4v) is 2.57. The largest absolute Gasteiger partial charge is 0.396 e. The monoisotopic (exact) mass is 298 g/mol. The van der Waals surface area contributed by atoms with Crippen LogP contribution in [0, 0.1) is 5.92 Å². The standard InChI is InChI=1S/C13H15ClN2O2S/c1-9(6-17)7-19-8-12-15-13(16-18-12)10-3-2-4-11(14)5-10/h2-5,9,17H,6-8H2,1H3. The lowest BCUT2D eigenvalue weighted by Crippen LogP contribution is -2.03. The van der Waals surface area contributed by atoms with Crippen molar-refractivity contribution < 1.29 is 9.63 Å². The maximum absolute atomic E-state index is 8.93. The zero-order valence-electron chi connectivity index (χ0n) is 10.5. The summed E-state index contributed by atoms with van der Waals surface area (Å²) >= 11 is 7.59. The highest BCUT2D eigenvalue weighted by Crippen LogP contribution is 2.21. The van der Waals surface area contributed by atoms with E-state index in [0.717, 1.165) is 11.3 Å². The molecule has 1 N–H and O–H groups in total. The first-order chi connectivity index (χ1) is 9.19. The van der Waals surface area contributed by atoms with Crippen LogP contribution in [0.2, 0.25) is 5.02 Å². The zero-order chi connectivity index (χ0) is 13.7. The van der Waals surface area contributed by atoms with Gasteiger partial charge >= 0.3 is 0 Å². The van der Waals surface area contributed by atoms with Crippen LogP contribution in [0.1, 0.15) is 12.8 Å². The van der Waals surface area contributed by atoms with Gasteiger partial charge in [0.05, 0.1) is 5.75 Å². The van der Waals surface area contributed by atoms with E-state index in [1.54, 1.807) is 23.9 Å². The summed E-state index contributed by atoms with van der Waals surface area (Å²) in [5.41, 5.74) is 0.844. The van der Waals surface area contributed by atoms with Crippen molar-refractivity contribution in [2.75, 3.05) is 12.4 Å². The third-order valence-corrected chi connectivity index (χ3v) is 3.98. The van der Waals surface area contributed by atoms with Crippen LogP contribution in [0.3, 0.4) is 0 Å². The van der Waals surface area contributed by atoms with Gasteiger partial charge in [-0.1, -0.05) is 35.8 Å². The van der Waals surface area contributed by atoms with E-state index in [0.29, 0.717) is 22.5 Å². The average Bonchev–Trinajstić information content (AvgIpc) is 2.87. The Bertz CT molecular complexity index is 533. The molecule has 0 aliphatic carbocycles. The number of aromatic nitrogens is 2. The average molecular weight is 299 g/mol. The van der Waals surface area contributed by atoms with Crippen molar-refractivity contribution in [2.24, 2.45) is 5.92 Å². The molecule has 0 saturated carbocycles. The van der Waals surface area contributed by atoms with Crippen LogP contribution in [0.5, 0.6) is 0 Å². The summed E-state index contributed by atoms with van der Waals surface area (Å²) in [6.45, 7) is 2.20. The van der Waals surface area contributed by atoms with Crippen LogP contribution in [0.25, 0.3) is 11.4 Å². The second-order valence-corrected chi connectivity index (χ2v) is 5.79. The lowest BCUT2D eigenvalue weighted by molar-refractivity contribution is 0.250. The Labute approximate surface area is 121 Å². The molecule has 0 radical (unpaired) electrons. The lowest BCUT2D eigenvalue weighted by atomic mass is 10.2. The summed E-state index contributed by atoms with van der Waals surface area (Å²) in [6.07, 6.45) is 0. The van der Waals surface area contributed by atoms with Crippen molar-refractivity contribution >= 4 is 23.4 Å². The minimum absolute atomic E-state index is 0.199. The van der Waals surface area contributed by atoms with Gasteiger partial charge in [-0.25, -0.2) is 0 Å². The molecular weight excluding hydrogens is 284 g/mol. The third kappa shape index (κ3) is 4.23. The van der Waals surface area contributed by atoms with Crippen LogP contribution in [0.4, 0.5) is 0 Å². The maximum Gasteiger partial charge on any atom is 0.236 e. The summed E-state index contributed by atoms with van der Waals surface area (Å²) in [6, 6.07) is 7.35. The molecule has 1 heterocycles. The Hall–Kier alpha value is -1.04. The smallest absolute Gasteiger partial charge is 0.236 e. The molecule has 0 aliphatic heterocycles. The molecule has 0 spiro atoms. The van der Waals surface area contributed by atoms with Crippen molar-refractivity contribution in [1.29, 1.82) is 0 Å². The molecule has 1 aromatic carbocycles. The molecular formula is C13H15ClN2O2S. The summed E-state index contributed by atoms with van der Waals surface area (Å²) in [5.74, 6) is 2.93. The van der Waals surface area contributed by atoms with Crippen LogP contribution in [-0.4, -0.2) is 27.6 Å². The van der Waals surface area contributed by atoms with Gasteiger partial charge < -0.3 is 9.63 Å². The van der Waals surface area contributed by atoms with Gasteiger partial charge in [0, 0.05) is 17.2 Å². The van der Waals surface area contributed by atoms with Crippen molar-refractivity contribution in [3.8, 4) is 11.4 Å². The van der Waals surface area contributed by atoms with Crippen LogP contribution in [0.15, 0.2) is 28.8 Å². The van der Waals surface area contributed by atoms with E-state index in [4.69, 9.17) is 21.2 Å². The molecule has 1 aromatic heterocycles. The number of hydrogen-bond acceptors (Lipinski definition) is 5. The molecule has 0 fully saturated rings. The van der Waals surface area contributed by atoms with Crippen molar-refractivity contribution in [1.82, 2.24) is 10.1 Å². The van der Waals surface area contributed by atoms with Gasteiger partial charge in [0.1, 0.15) is 0 Å². The van der Waals surface area contributed by atoms with Gasteiger partial charge in [-0.2, -0.15) is 16.7 Å². The van der Waals surface area contributed by atoms with Crippen molar-refractivity contribution in [3.63, 3.8) is 0 Å². The van der Waals surface area contributed by atoms with Gasteiger partial charge in [-0.15, -0.1) is 0 Å². The predicted octanol–water partition coefficient (Wildman–Crippen LogP) is 3.25. The molecule has 4 nitrogen and oxygen atoms in total. The highest BCUT2D eigenvalue weighted by molar-refractivity contribution is 7.98. The number of nitrogens with zero attached hydrogens (tertiary/aromatic N) is 2. The second kappa shape index (κ2) is 6.93. The van der Waals surface area contributed by atoms with E-state index >= 15 is 0 Å². The van der Waals surface area contributed by atoms with Gasteiger partial charge in [0.25, 0.3) is 0 Å². The predicted molar refractivity (Wildman–Crippen MR) is 77.2 cm³/mol. The lowest BCUT2D eigenvalue weighted by Gasteiger charge is -2.04. The van der Waals surface area contributed by atoms with E-state index in [1.165, 1.54) is 0 Å². The number of thioether (sulfide) groups is 1. The molecule has 6 heteroatoms. The highest BCUT2D eigenvalue weighted by Gasteiger charge is 2.09. The molecule has 2 rings (SSSR count). The second-order valence-electron chi connectivity index (χ2n) is 4.32. The zero-order valence-corrected chi connectivity index (χ0v) is 12.1. The minimum atomic E-state index is 0.199. The van der Waals surface area contributed by atoms with Gasteiger partial charge in [-0.05, 0) is 23.8 Å². The van der Waals surface area contributed by atoms with Crippen LogP contribution < -0.4 is 0 Å². The quantitative estimate of drug-likeness (QED) is 0.887. The number of aliphatic hydroxyl groups is 1. The fourth-order valence-electron chi connectivity index (χ4n) is 1.46.